The predicted molar refractivity (Wildman–Crippen MR) is 126 cm³/mol. The number of carbonyl (C=O) groups is 3. The van der Waals surface area contributed by atoms with Crippen molar-refractivity contribution >= 4 is 23.3 Å². The highest BCUT2D eigenvalue weighted by atomic mass is 16.2. The van der Waals surface area contributed by atoms with Crippen molar-refractivity contribution in [3.05, 3.63) is 93.4 Å². The fraction of sp³-hybridized carbons (Fsp3) is 0.231. The molecule has 0 radical (unpaired) electrons. The van der Waals surface area contributed by atoms with Gasteiger partial charge in [-0.05, 0) is 49.1 Å². The van der Waals surface area contributed by atoms with Crippen LogP contribution >= 0.6 is 0 Å². The van der Waals surface area contributed by atoms with E-state index in [1.807, 2.05) is 30.3 Å². The molecule has 0 fully saturated rings. The summed E-state index contributed by atoms with van der Waals surface area (Å²) in [5.74, 6) is -0.755. The number of carbonyl (C=O) groups excluding carboxylic acids is 3. The van der Waals surface area contributed by atoms with Crippen molar-refractivity contribution in [1.82, 2.24) is 9.88 Å². The van der Waals surface area contributed by atoms with Crippen molar-refractivity contribution in [2.75, 3.05) is 12.4 Å². The van der Waals surface area contributed by atoms with E-state index >= 15 is 0 Å². The number of nitrogens with one attached hydrogen (secondary N) is 2. The molecule has 2 amide bonds. The maximum absolute atomic E-state index is 13.5. The van der Waals surface area contributed by atoms with Crippen molar-refractivity contribution in [3.8, 4) is 5.69 Å². The molecule has 7 heteroatoms. The average molecular weight is 444 g/mol. The minimum absolute atomic E-state index is 0.0686. The van der Waals surface area contributed by atoms with Gasteiger partial charge in [-0.1, -0.05) is 36.4 Å². The fourth-order valence-electron chi connectivity index (χ4n) is 4.13. The van der Waals surface area contributed by atoms with Crippen molar-refractivity contribution in [1.29, 1.82) is 0 Å². The van der Waals surface area contributed by atoms with E-state index < -0.39 is 11.5 Å². The Balaban J connectivity index is 1.74. The van der Waals surface area contributed by atoms with Gasteiger partial charge in [-0.3, -0.25) is 23.7 Å². The van der Waals surface area contributed by atoms with Crippen LogP contribution in [-0.2, 0) is 17.6 Å². The van der Waals surface area contributed by atoms with Crippen LogP contribution in [0.5, 0.6) is 0 Å². The lowest BCUT2D eigenvalue weighted by atomic mass is 9.92. The first kappa shape index (κ1) is 22.2. The number of aromatic nitrogens is 1. The first-order chi connectivity index (χ1) is 16.0. The number of anilines is 1. The zero-order valence-corrected chi connectivity index (χ0v) is 18.4. The number of hydrogen-bond donors (Lipinski definition) is 2. The lowest BCUT2D eigenvalue weighted by Crippen LogP contribution is -2.33. The van der Waals surface area contributed by atoms with Crippen LogP contribution in [0.15, 0.2) is 65.5 Å². The van der Waals surface area contributed by atoms with Crippen LogP contribution in [0.25, 0.3) is 5.69 Å². The van der Waals surface area contributed by atoms with Gasteiger partial charge in [0.25, 0.3) is 11.5 Å². The average Bonchev–Trinajstić information content (AvgIpc) is 2.83. The summed E-state index contributed by atoms with van der Waals surface area (Å²) in [6, 6.07) is 17.6. The van der Waals surface area contributed by atoms with Crippen LogP contribution in [0, 0.1) is 0 Å². The largest absolute Gasteiger partial charge is 0.359 e. The Hall–Kier alpha value is -4.00. The molecular weight excluding hydrogens is 418 g/mol. The molecule has 0 bridgehead atoms. The van der Waals surface area contributed by atoms with Crippen LogP contribution in [0.3, 0.4) is 0 Å². The van der Waals surface area contributed by atoms with Crippen LogP contribution in [0.1, 0.15) is 51.2 Å². The van der Waals surface area contributed by atoms with Crippen molar-refractivity contribution in [2.24, 2.45) is 0 Å². The quantitative estimate of drug-likeness (QED) is 0.611. The number of rotatable bonds is 6. The third-order valence-corrected chi connectivity index (χ3v) is 5.85. The summed E-state index contributed by atoms with van der Waals surface area (Å²) in [4.78, 5) is 51.0. The lowest BCUT2D eigenvalue weighted by Gasteiger charge is -2.21. The molecule has 4 rings (SSSR count). The molecule has 0 unspecified atom stereocenters. The molecule has 3 aromatic rings. The first-order valence-corrected chi connectivity index (χ1v) is 11.0. The monoisotopic (exact) mass is 443 g/mol. The second-order valence-corrected chi connectivity index (χ2v) is 7.96. The smallest absolute Gasteiger partial charge is 0.268 e. The SMILES string of the molecule is CNC(=O)CCc1ccccc1NC(=O)c1cc2c(n(-c3ccccc3)c1=O)CCCC2=O. The van der Waals surface area contributed by atoms with E-state index in [0.717, 1.165) is 5.56 Å². The van der Waals surface area contributed by atoms with Gasteiger partial charge in [-0.2, -0.15) is 0 Å². The highest BCUT2D eigenvalue weighted by Gasteiger charge is 2.26. The van der Waals surface area contributed by atoms with Crippen LogP contribution in [-0.4, -0.2) is 29.2 Å². The molecule has 2 aromatic carbocycles. The standard InChI is InChI=1S/C26H25N3O4/c1-27-24(31)15-14-17-8-5-6-11-21(17)28-25(32)20-16-19-22(12-7-13-23(19)30)29(26(20)33)18-9-3-2-4-10-18/h2-6,8-11,16H,7,12-15H2,1H3,(H,27,31)(H,28,32). The van der Waals surface area contributed by atoms with Gasteiger partial charge in [-0.15, -0.1) is 0 Å². The summed E-state index contributed by atoms with van der Waals surface area (Å²) in [7, 11) is 1.57. The fourth-order valence-corrected chi connectivity index (χ4v) is 4.13. The number of fused-ring (bicyclic) bond motifs is 1. The lowest BCUT2D eigenvalue weighted by molar-refractivity contribution is -0.120. The van der Waals surface area contributed by atoms with Crippen LogP contribution < -0.4 is 16.2 Å². The summed E-state index contributed by atoms with van der Waals surface area (Å²) in [5.41, 5.74) is 2.44. The number of ketones is 1. The minimum atomic E-state index is -0.585. The third-order valence-electron chi connectivity index (χ3n) is 5.85. The Morgan fingerprint density at radius 1 is 0.970 bits per heavy atom. The number of aryl methyl sites for hydroxylation is 1. The van der Waals surface area contributed by atoms with E-state index in [4.69, 9.17) is 0 Å². The molecule has 1 aliphatic carbocycles. The van der Waals surface area contributed by atoms with E-state index in [-0.39, 0.29) is 23.7 Å². The molecule has 0 aliphatic heterocycles. The van der Waals surface area contributed by atoms with Gasteiger partial charge in [0, 0.05) is 42.5 Å². The number of para-hydroxylation sites is 2. The summed E-state index contributed by atoms with van der Waals surface area (Å²) in [6.07, 6.45) is 2.37. The number of Topliss-reactive ketones (excluding diaryl/α,β-unsaturated/α-hetero) is 1. The van der Waals surface area contributed by atoms with E-state index in [9.17, 15) is 19.2 Å². The first-order valence-electron chi connectivity index (χ1n) is 11.0. The number of nitrogens with zero attached hydrogens (tertiary/aromatic N) is 1. The normalized spacial score (nSPS) is 12.7. The van der Waals surface area contributed by atoms with Crippen molar-refractivity contribution < 1.29 is 14.4 Å². The molecule has 1 aromatic heterocycles. The Morgan fingerprint density at radius 2 is 1.70 bits per heavy atom. The summed E-state index contributed by atoms with van der Waals surface area (Å²) in [5, 5.41) is 5.40. The van der Waals surface area contributed by atoms with Crippen LogP contribution in [0.2, 0.25) is 0 Å². The minimum Gasteiger partial charge on any atom is -0.359 e. The van der Waals surface area contributed by atoms with Crippen LogP contribution in [0.4, 0.5) is 5.69 Å². The summed E-state index contributed by atoms with van der Waals surface area (Å²) in [6.45, 7) is 0. The molecule has 0 spiro atoms. The second kappa shape index (κ2) is 9.65. The highest BCUT2D eigenvalue weighted by molar-refractivity contribution is 6.07. The molecule has 0 saturated carbocycles. The molecule has 7 nitrogen and oxygen atoms in total. The molecule has 0 saturated heterocycles. The molecular formula is C26H25N3O4. The van der Waals surface area contributed by atoms with Crippen molar-refractivity contribution in [3.63, 3.8) is 0 Å². The van der Waals surface area contributed by atoms with E-state index in [1.54, 1.807) is 31.3 Å². The predicted octanol–water partition coefficient (Wildman–Crippen LogP) is 3.29. The molecule has 2 N–H and O–H groups in total. The van der Waals surface area contributed by atoms with Gasteiger partial charge >= 0.3 is 0 Å². The number of pyridine rings is 1. The van der Waals surface area contributed by atoms with E-state index in [2.05, 4.69) is 10.6 Å². The highest BCUT2D eigenvalue weighted by Crippen LogP contribution is 2.24. The molecule has 1 aliphatic rings. The molecule has 1 heterocycles. The van der Waals surface area contributed by atoms with Gasteiger partial charge in [0.15, 0.2) is 5.78 Å². The Morgan fingerprint density at radius 3 is 2.45 bits per heavy atom. The van der Waals surface area contributed by atoms with Gasteiger partial charge in [0.2, 0.25) is 5.91 Å². The summed E-state index contributed by atoms with van der Waals surface area (Å²) >= 11 is 0. The zero-order chi connectivity index (χ0) is 23.4. The maximum atomic E-state index is 13.5. The van der Waals surface area contributed by atoms with E-state index in [1.165, 1.54) is 10.6 Å². The van der Waals surface area contributed by atoms with Gasteiger partial charge in [-0.25, -0.2) is 0 Å². The number of hydrogen-bond acceptors (Lipinski definition) is 4. The zero-order valence-electron chi connectivity index (χ0n) is 18.4. The number of benzene rings is 2. The maximum Gasteiger partial charge on any atom is 0.268 e. The Bertz CT molecular complexity index is 1280. The Labute approximate surface area is 191 Å². The molecule has 168 valence electrons. The van der Waals surface area contributed by atoms with Gasteiger partial charge < -0.3 is 10.6 Å². The molecule has 33 heavy (non-hydrogen) atoms. The third kappa shape index (κ3) is 4.62. The van der Waals surface area contributed by atoms with Crippen molar-refractivity contribution in [2.45, 2.75) is 32.1 Å². The number of amides is 2. The van der Waals surface area contributed by atoms with E-state index in [0.29, 0.717) is 48.3 Å². The second-order valence-electron chi connectivity index (χ2n) is 7.96. The Kier molecular flexibility index (Phi) is 6.49. The molecule has 0 atom stereocenters. The van der Waals surface area contributed by atoms with Gasteiger partial charge in [0.1, 0.15) is 5.56 Å². The van der Waals surface area contributed by atoms with Gasteiger partial charge in [0.05, 0.1) is 0 Å². The summed E-state index contributed by atoms with van der Waals surface area (Å²) < 4.78 is 1.48. The topological polar surface area (TPSA) is 97.3 Å².